The van der Waals surface area contributed by atoms with Gasteiger partial charge in [-0.1, -0.05) is 12.1 Å². The molecule has 3 atom stereocenters. The molecule has 0 aliphatic carbocycles. The fourth-order valence-corrected chi connectivity index (χ4v) is 3.46. The van der Waals surface area contributed by atoms with Crippen LogP contribution in [0.25, 0.3) is 0 Å². The van der Waals surface area contributed by atoms with Gasteiger partial charge in [-0.05, 0) is 42.9 Å². The van der Waals surface area contributed by atoms with Gasteiger partial charge >= 0.3 is 0 Å². The minimum Gasteiger partial charge on any atom is -0.497 e. The minimum atomic E-state index is -0.335. The van der Waals surface area contributed by atoms with E-state index < -0.39 is 0 Å². The predicted molar refractivity (Wildman–Crippen MR) is 79.5 cm³/mol. The first-order valence-electron chi connectivity index (χ1n) is 7.73. The van der Waals surface area contributed by atoms with Crippen LogP contribution in [0.1, 0.15) is 24.8 Å². The summed E-state index contributed by atoms with van der Waals surface area (Å²) in [7, 11) is 1.66. The molecule has 2 aliphatic rings. The Hall–Kier alpha value is -1.10. The van der Waals surface area contributed by atoms with Gasteiger partial charge < -0.3 is 19.3 Å². The number of rotatable bonds is 4. The summed E-state index contributed by atoms with van der Waals surface area (Å²) in [5.74, 6) is 1.12. The van der Waals surface area contributed by atoms with Crippen LogP contribution in [0.4, 0.5) is 0 Å². The van der Waals surface area contributed by atoms with Gasteiger partial charge in [0.25, 0.3) is 0 Å². The molecular formula is C17H24O4. The monoisotopic (exact) mass is 292 g/mol. The molecule has 0 saturated carbocycles. The first-order valence-corrected chi connectivity index (χ1v) is 7.73. The molecule has 1 spiro atoms. The van der Waals surface area contributed by atoms with Crippen LogP contribution in [0.3, 0.4) is 0 Å². The van der Waals surface area contributed by atoms with E-state index in [2.05, 4.69) is 0 Å². The molecule has 116 valence electrons. The summed E-state index contributed by atoms with van der Waals surface area (Å²) < 4.78 is 16.7. The lowest BCUT2D eigenvalue weighted by Gasteiger charge is -2.39. The molecule has 1 N–H and O–H groups in total. The Morgan fingerprint density at radius 3 is 3.10 bits per heavy atom. The first kappa shape index (κ1) is 14.8. The highest BCUT2D eigenvalue weighted by molar-refractivity contribution is 5.28. The molecule has 0 bridgehead atoms. The average Bonchev–Trinajstić information content (AvgIpc) is 2.95. The molecule has 2 fully saturated rings. The van der Waals surface area contributed by atoms with Gasteiger partial charge in [-0.3, -0.25) is 0 Å². The Balaban J connectivity index is 1.63. The Morgan fingerprint density at radius 1 is 1.43 bits per heavy atom. The van der Waals surface area contributed by atoms with Crippen molar-refractivity contribution in [3.63, 3.8) is 0 Å². The van der Waals surface area contributed by atoms with E-state index in [1.807, 2.05) is 24.3 Å². The van der Waals surface area contributed by atoms with Gasteiger partial charge in [0.05, 0.1) is 25.4 Å². The van der Waals surface area contributed by atoms with Gasteiger partial charge in [0, 0.05) is 19.6 Å². The highest BCUT2D eigenvalue weighted by atomic mass is 16.6. The molecule has 4 nitrogen and oxygen atoms in total. The molecular weight excluding hydrogens is 268 g/mol. The van der Waals surface area contributed by atoms with E-state index in [1.54, 1.807) is 7.11 Å². The molecule has 0 aromatic heterocycles. The van der Waals surface area contributed by atoms with E-state index in [9.17, 15) is 5.11 Å². The maximum absolute atomic E-state index is 10.6. The van der Waals surface area contributed by atoms with Gasteiger partial charge in [-0.2, -0.15) is 0 Å². The molecule has 4 heteroatoms. The zero-order chi connectivity index (χ0) is 14.7. The largest absolute Gasteiger partial charge is 0.497 e. The van der Waals surface area contributed by atoms with Crippen molar-refractivity contribution >= 4 is 0 Å². The summed E-state index contributed by atoms with van der Waals surface area (Å²) in [6.45, 7) is 2.18. The summed E-state index contributed by atoms with van der Waals surface area (Å²) in [4.78, 5) is 0. The van der Waals surface area contributed by atoms with Crippen LogP contribution in [-0.4, -0.2) is 43.7 Å². The van der Waals surface area contributed by atoms with Gasteiger partial charge in [0.15, 0.2) is 0 Å². The lowest BCUT2D eigenvalue weighted by Crippen LogP contribution is -2.44. The van der Waals surface area contributed by atoms with Crippen LogP contribution in [0.2, 0.25) is 0 Å². The number of aliphatic hydroxyl groups is 1. The van der Waals surface area contributed by atoms with E-state index in [0.717, 1.165) is 43.8 Å². The van der Waals surface area contributed by atoms with E-state index in [0.29, 0.717) is 13.0 Å². The predicted octanol–water partition coefficient (Wildman–Crippen LogP) is 2.18. The van der Waals surface area contributed by atoms with Gasteiger partial charge in [0.2, 0.25) is 0 Å². The molecule has 21 heavy (non-hydrogen) atoms. The van der Waals surface area contributed by atoms with Crippen molar-refractivity contribution in [2.24, 2.45) is 5.92 Å². The zero-order valence-electron chi connectivity index (χ0n) is 12.6. The van der Waals surface area contributed by atoms with Crippen LogP contribution >= 0.6 is 0 Å². The Bertz CT molecular complexity index is 468. The third-order valence-electron chi connectivity index (χ3n) is 4.72. The second-order valence-electron chi connectivity index (χ2n) is 6.21. The minimum absolute atomic E-state index is 0.141. The Labute approximate surface area is 126 Å². The van der Waals surface area contributed by atoms with E-state index in [1.165, 1.54) is 0 Å². The SMILES string of the molecule is COc1cccc(CC(O)C2CCOC3(CCOC3)C2)c1. The zero-order valence-corrected chi connectivity index (χ0v) is 12.6. The van der Waals surface area contributed by atoms with E-state index >= 15 is 0 Å². The lowest BCUT2D eigenvalue weighted by atomic mass is 9.80. The fraction of sp³-hybridized carbons (Fsp3) is 0.647. The second kappa shape index (κ2) is 6.34. The van der Waals surface area contributed by atoms with Gasteiger partial charge in [0.1, 0.15) is 5.75 Å². The normalized spacial score (nSPS) is 30.5. The van der Waals surface area contributed by atoms with Crippen LogP contribution in [0, 0.1) is 5.92 Å². The van der Waals surface area contributed by atoms with Crippen molar-refractivity contribution in [3.05, 3.63) is 29.8 Å². The highest BCUT2D eigenvalue weighted by Gasteiger charge is 2.42. The number of aliphatic hydroxyl groups excluding tert-OH is 1. The topological polar surface area (TPSA) is 47.9 Å². The molecule has 1 aromatic rings. The van der Waals surface area contributed by atoms with Crippen molar-refractivity contribution in [3.8, 4) is 5.75 Å². The van der Waals surface area contributed by atoms with Crippen molar-refractivity contribution in [1.82, 2.24) is 0 Å². The molecule has 3 unspecified atom stereocenters. The number of benzene rings is 1. The Morgan fingerprint density at radius 2 is 2.33 bits per heavy atom. The van der Waals surface area contributed by atoms with Crippen molar-refractivity contribution in [2.75, 3.05) is 26.9 Å². The highest BCUT2D eigenvalue weighted by Crippen LogP contribution is 2.37. The third kappa shape index (κ3) is 3.39. The smallest absolute Gasteiger partial charge is 0.119 e. The van der Waals surface area contributed by atoms with E-state index in [-0.39, 0.29) is 17.6 Å². The van der Waals surface area contributed by atoms with E-state index in [4.69, 9.17) is 14.2 Å². The number of hydrogen-bond donors (Lipinski definition) is 1. The summed E-state index contributed by atoms with van der Waals surface area (Å²) >= 11 is 0. The molecule has 0 radical (unpaired) electrons. The average molecular weight is 292 g/mol. The summed E-state index contributed by atoms with van der Waals surface area (Å²) in [6, 6.07) is 7.93. The van der Waals surface area contributed by atoms with Crippen molar-refractivity contribution in [2.45, 2.75) is 37.4 Å². The van der Waals surface area contributed by atoms with Gasteiger partial charge in [-0.15, -0.1) is 0 Å². The second-order valence-corrected chi connectivity index (χ2v) is 6.21. The molecule has 2 saturated heterocycles. The van der Waals surface area contributed by atoms with Crippen LogP contribution in [-0.2, 0) is 15.9 Å². The van der Waals surface area contributed by atoms with Crippen molar-refractivity contribution in [1.29, 1.82) is 0 Å². The molecule has 2 aliphatic heterocycles. The van der Waals surface area contributed by atoms with Crippen LogP contribution < -0.4 is 4.74 Å². The maximum Gasteiger partial charge on any atom is 0.119 e. The lowest BCUT2D eigenvalue weighted by molar-refractivity contribution is -0.116. The quantitative estimate of drug-likeness (QED) is 0.924. The summed E-state index contributed by atoms with van der Waals surface area (Å²) in [5.41, 5.74) is 0.975. The van der Waals surface area contributed by atoms with Crippen LogP contribution in [0.5, 0.6) is 5.75 Å². The Kier molecular flexibility index (Phi) is 4.48. The standard InChI is InChI=1S/C17H24O4/c1-19-15-4-2-3-13(9-15)10-16(18)14-5-7-21-17(11-14)6-8-20-12-17/h2-4,9,14,16,18H,5-8,10-12H2,1H3. The van der Waals surface area contributed by atoms with Gasteiger partial charge in [-0.25, -0.2) is 0 Å². The fourth-order valence-electron chi connectivity index (χ4n) is 3.46. The van der Waals surface area contributed by atoms with Crippen LogP contribution in [0.15, 0.2) is 24.3 Å². The summed E-state index contributed by atoms with van der Waals surface area (Å²) in [5, 5.41) is 10.6. The molecule has 1 aromatic carbocycles. The maximum atomic E-state index is 10.6. The third-order valence-corrected chi connectivity index (χ3v) is 4.72. The number of methoxy groups -OCH3 is 1. The molecule has 3 rings (SSSR count). The molecule has 2 heterocycles. The summed E-state index contributed by atoms with van der Waals surface area (Å²) in [6.07, 6.45) is 3.11. The first-order chi connectivity index (χ1) is 10.2. The van der Waals surface area contributed by atoms with Crippen molar-refractivity contribution < 1.29 is 19.3 Å². The number of ether oxygens (including phenoxy) is 3. The number of hydrogen-bond acceptors (Lipinski definition) is 4. The molecule has 0 amide bonds.